The monoisotopic (exact) mass is 279 g/mol. The quantitative estimate of drug-likeness (QED) is 0.853. The molecule has 0 saturated carbocycles. The molecule has 2 fully saturated rings. The highest BCUT2D eigenvalue weighted by atomic mass is 16.5. The van der Waals surface area contributed by atoms with Crippen molar-refractivity contribution in [1.82, 2.24) is 9.88 Å². The van der Waals surface area contributed by atoms with E-state index < -0.39 is 0 Å². The van der Waals surface area contributed by atoms with E-state index in [2.05, 4.69) is 16.8 Å². The number of hydrogen-bond donors (Lipinski definition) is 2. The minimum atomic E-state index is -0.170. The minimum absolute atomic E-state index is 0.170. The van der Waals surface area contributed by atoms with Crippen LogP contribution in [0.25, 0.3) is 0 Å². The number of aliphatic hydroxyl groups excluding tert-OH is 1. The van der Waals surface area contributed by atoms with Crippen LogP contribution in [-0.4, -0.2) is 47.4 Å². The van der Waals surface area contributed by atoms with Gasteiger partial charge in [-0.1, -0.05) is 13.0 Å². The zero-order valence-corrected chi connectivity index (χ0v) is 12.2. The molecule has 20 heavy (non-hydrogen) atoms. The van der Waals surface area contributed by atoms with Crippen molar-refractivity contribution in [2.75, 3.05) is 32.0 Å². The van der Waals surface area contributed by atoms with Crippen molar-refractivity contribution < 1.29 is 9.84 Å². The van der Waals surface area contributed by atoms with Gasteiger partial charge in [0.2, 0.25) is 0 Å². The number of hydrogen-bond acceptors (Lipinski definition) is 5. The van der Waals surface area contributed by atoms with Gasteiger partial charge in [-0.25, -0.2) is 4.98 Å². The molecule has 0 amide bonds. The maximum atomic E-state index is 9.35. The Bertz CT molecular complexity index is 408. The average molecular weight is 279 g/mol. The molecule has 112 valence electrons. The minimum Gasteiger partial charge on any atom is -0.392 e. The topological polar surface area (TPSA) is 71.6 Å². The molecule has 3 rings (SSSR count). The van der Waals surface area contributed by atoms with Gasteiger partial charge in [-0.05, 0) is 30.9 Å². The third-order valence-electron chi connectivity index (χ3n) is 3.62. The first kappa shape index (κ1) is 15.2. The van der Waals surface area contributed by atoms with Crippen LogP contribution in [0.4, 0.5) is 5.82 Å². The smallest absolute Gasteiger partial charge is 0.123 e. The van der Waals surface area contributed by atoms with Gasteiger partial charge in [-0.2, -0.15) is 0 Å². The maximum absolute atomic E-state index is 9.35. The third-order valence-corrected chi connectivity index (χ3v) is 3.62. The lowest BCUT2D eigenvalue weighted by Crippen LogP contribution is -2.22. The molecule has 3 N–H and O–H groups in total. The maximum Gasteiger partial charge on any atom is 0.123 e. The SMILES string of the molecule is CC1CCOC1.Nc1cccc(CN2CCC(O)C2)n1. The summed E-state index contributed by atoms with van der Waals surface area (Å²) >= 11 is 0. The molecule has 2 aliphatic rings. The van der Waals surface area contributed by atoms with Crippen LogP contribution < -0.4 is 5.73 Å². The first-order chi connectivity index (χ1) is 9.63. The van der Waals surface area contributed by atoms with Crippen LogP contribution in [0, 0.1) is 5.92 Å². The van der Waals surface area contributed by atoms with Crippen molar-refractivity contribution in [1.29, 1.82) is 0 Å². The number of ether oxygens (including phenoxy) is 1. The fourth-order valence-corrected chi connectivity index (χ4v) is 2.42. The summed E-state index contributed by atoms with van der Waals surface area (Å²) < 4.78 is 5.06. The summed E-state index contributed by atoms with van der Waals surface area (Å²) in [6, 6.07) is 5.65. The fraction of sp³-hybridized carbons (Fsp3) is 0.667. The number of rotatable bonds is 2. The fourth-order valence-electron chi connectivity index (χ4n) is 2.42. The Balaban J connectivity index is 0.000000205. The molecule has 1 aromatic heterocycles. The largest absolute Gasteiger partial charge is 0.392 e. The Morgan fingerprint density at radius 2 is 2.30 bits per heavy atom. The normalized spacial score (nSPS) is 26.3. The lowest BCUT2D eigenvalue weighted by Gasteiger charge is -2.13. The van der Waals surface area contributed by atoms with Crippen LogP contribution >= 0.6 is 0 Å². The van der Waals surface area contributed by atoms with Crippen LogP contribution in [-0.2, 0) is 11.3 Å². The Kier molecular flexibility index (Phi) is 5.76. The molecular formula is C15H25N3O2. The zero-order valence-electron chi connectivity index (χ0n) is 12.2. The van der Waals surface area contributed by atoms with Crippen molar-refractivity contribution in [2.24, 2.45) is 5.92 Å². The number of anilines is 1. The summed E-state index contributed by atoms with van der Waals surface area (Å²) in [5.41, 5.74) is 6.55. The Morgan fingerprint density at radius 1 is 1.45 bits per heavy atom. The number of aliphatic hydroxyl groups is 1. The molecule has 0 aromatic carbocycles. The van der Waals surface area contributed by atoms with Crippen LogP contribution in [0.15, 0.2) is 18.2 Å². The van der Waals surface area contributed by atoms with Crippen LogP contribution in [0.1, 0.15) is 25.5 Å². The molecule has 0 bridgehead atoms. The summed E-state index contributed by atoms with van der Waals surface area (Å²) in [5, 5.41) is 9.35. The van der Waals surface area contributed by atoms with Crippen LogP contribution in [0.2, 0.25) is 0 Å². The zero-order chi connectivity index (χ0) is 14.4. The third kappa shape index (κ3) is 5.07. The molecule has 2 unspecified atom stereocenters. The molecule has 0 aliphatic carbocycles. The average Bonchev–Trinajstić information content (AvgIpc) is 3.02. The van der Waals surface area contributed by atoms with E-state index in [-0.39, 0.29) is 6.10 Å². The first-order valence-electron chi connectivity index (χ1n) is 7.33. The van der Waals surface area contributed by atoms with Crippen LogP contribution in [0.3, 0.4) is 0 Å². The van der Waals surface area contributed by atoms with E-state index in [1.807, 2.05) is 12.1 Å². The Morgan fingerprint density at radius 3 is 2.80 bits per heavy atom. The number of aromatic nitrogens is 1. The lowest BCUT2D eigenvalue weighted by atomic mass is 10.2. The second-order valence-electron chi connectivity index (χ2n) is 5.70. The summed E-state index contributed by atoms with van der Waals surface area (Å²) in [6.07, 6.45) is 1.96. The Hall–Kier alpha value is -1.17. The molecule has 0 radical (unpaired) electrons. The van der Waals surface area contributed by atoms with Gasteiger partial charge in [0.25, 0.3) is 0 Å². The van der Waals surface area contributed by atoms with Crippen molar-refractivity contribution in [3.05, 3.63) is 23.9 Å². The van der Waals surface area contributed by atoms with Gasteiger partial charge in [0, 0.05) is 32.8 Å². The number of nitrogens with zero attached hydrogens (tertiary/aromatic N) is 2. The lowest BCUT2D eigenvalue weighted by molar-refractivity contribution is 0.174. The molecule has 1 aromatic rings. The highest BCUT2D eigenvalue weighted by molar-refractivity contribution is 5.28. The predicted molar refractivity (Wildman–Crippen MR) is 79.2 cm³/mol. The number of β-amino-alcohol motifs (C(OH)–C–C–N with tert-alkyl or cyclic N) is 1. The number of pyridine rings is 1. The van der Waals surface area contributed by atoms with Crippen LogP contribution in [0.5, 0.6) is 0 Å². The summed E-state index contributed by atoms with van der Waals surface area (Å²) in [6.45, 7) is 6.66. The predicted octanol–water partition coefficient (Wildman–Crippen LogP) is 1.27. The summed E-state index contributed by atoms with van der Waals surface area (Å²) in [4.78, 5) is 6.40. The van der Waals surface area contributed by atoms with Gasteiger partial charge in [0.1, 0.15) is 5.82 Å². The van der Waals surface area contributed by atoms with E-state index >= 15 is 0 Å². The molecule has 3 heterocycles. The molecule has 2 aliphatic heterocycles. The first-order valence-corrected chi connectivity index (χ1v) is 7.33. The van der Waals surface area contributed by atoms with Gasteiger partial charge < -0.3 is 15.6 Å². The van der Waals surface area contributed by atoms with Gasteiger partial charge in [0.15, 0.2) is 0 Å². The molecule has 5 nitrogen and oxygen atoms in total. The van der Waals surface area contributed by atoms with Gasteiger partial charge in [0.05, 0.1) is 11.8 Å². The van der Waals surface area contributed by atoms with E-state index in [4.69, 9.17) is 10.5 Å². The van der Waals surface area contributed by atoms with E-state index in [0.717, 1.165) is 50.9 Å². The summed E-state index contributed by atoms with van der Waals surface area (Å²) in [7, 11) is 0. The van der Waals surface area contributed by atoms with Gasteiger partial charge in [-0.3, -0.25) is 4.90 Å². The second kappa shape index (κ2) is 7.57. The molecule has 0 spiro atoms. The number of likely N-dealkylation sites (tertiary alicyclic amines) is 1. The number of nitrogens with two attached hydrogens (primary N) is 1. The molecular weight excluding hydrogens is 254 g/mol. The van der Waals surface area contributed by atoms with E-state index in [1.165, 1.54) is 6.42 Å². The van der Waals surface area contributed by atoms with E-state index in [9.17, 15) is 5.11 Å². The molecule has 5 heteroatoms. The van der Waals surface area contributed by atoms with Gasteiger partial charge in [-0.15, -0.1) is 0 Å². The second-order valence-corrected chi connectivity index (χ2v) is 5.70. The highest BCUT2D eigenvalue weighted by Gasteiger charge is 2.20. The summed E-state index contributed by atoms with van der Waals surface area (Å²) in [5.74, 6) is 1.38. The molecule has 2 atom stereocenters. The van der Waals surface area contributed by atoms with Crippen molar-refractivity contribution in [2.45, 2.75) is 32.4 Å². The molecule has 2 saturated heterocycles. The van der Waals surface area contributed by atoms with Crippen molar-refractivity contribution in [3.63, 3.8) is 0 Å². The Labute approximate surface area is 120 Å². The van der Waals surface area contributed by atoms with Crippen molar-refractivity contribution >= 4 is 5.82 Å². The van der Waals surface area contributed by atoms with E-state index in [0.29, 0.717) is 5.82 Å². The van der Waals surface area contributed by atoms with Crippen molar-refractivity contribution in [3.8, 4) is 0 Å². The standard InChI is InChI=1S/C10H15N3O.C5H10O/c11-10-3-1-2-8(12-10)6-13-5-4-9(14)7-13;1-5-2-3-6-4-5/h1-3,9,14H,4-7H2,(H2,11,12);5H,2-4H2,1H3. The van der Waals surface area contributed by atoms with E-state index in [1.54, 1.807) is 6.07 Å². The highest BCUT2D eigenvalue weighted by Crippen LogP contribution is 2.12. The number of nitrogen functional groups attached to an aromatic ring is 1. The van der Waals surface area contributed by atoms with Gasteiger partial charge >= 0.3 is 0 Å².